The summed E-state index contributed by atoms with van der Waals surface area (Å²) in [5.74, 6) is -0.366. The van der Waals surface area contributed by atoms with Gasteiger partial charge in [0.05, 0.1) is 7.11 Å². The van der Waals surface area contributed by atoms with Crippen molar-refractivity contribution in [2.24, 2.45) is 0 Å². The zero-order valence-electron chi connectivity index (χ0n) is 11.5. The molecule has 2 atom stereocenters. The van der Waals surface area contributed by atoms with Crippen molar-refractivity contribution < 1.29 is 14.3 Å². The Balaban J connectivity index is 2.11. The summed E-state index contributed by atoms with van der Waals surface area (Å²) in [6.45, 7) is 1.92. The molecule has 3 heteroatoms. The Kier molecular flexibility index (Phi) is 2.87. The van der Waals surface area contributed by atoms with Gasteiger partial charge in [0.25, 0.3) is 0 Å². The molecular weight excluding hydrogens is 252 g/mol. The van der Waals surface area contributed by atoms with Crippen molar-refractivity contribution in [3.8, 4) is 0 Å². The maximum Gasteiger partial charge on any atom is 0.346 e. The van der Waals surface area contributed by atoms with Gasteiger partial charge in [-0.2, -0.15) is 0 Å². The van der Waals surface area contributed by atoms with Crippen LogP contribution >= 0.6 is 0 Å². The van der Waals surface area contributed by atoms with Crippen molar-refractivity contribution in [2.45, 2.75) is 18.1 Å². The molecule has 1 aliphatic heterocycles. The summed E-state index contributed by atoms with van der Waals surface area (Å²) in [7, 11) is 1.39. The van der Waals surface area contributed by atoms with Crippen LogP contribution in [-0.2, 0) is 25.5 Å². The van der Waals surface area contributed by atoms with Crippen LogP contribution in [0.1, 0.15) is 18.1 Å². The summed E-state index contributed by atoms with van der Waals surface area (Å²) in [5, 5.41) is 0. The minimum absolute atomic E-state index is 0.366. The van der Waals surface area contributed by atoms with E-state index in [-0.39, 0.29) is 5.97 Å². The number of carbonyl (C=O) groups excluding carboxylic acids is 1. The highest BCUT2D eigenvalue weighted by molar-refractivity contribution is 5.87. The van der Waals surface area contributed by atoms with Gasteiger partial charge in [-0.1, -0.05) is 60.7 Å². The second kappa shape index (κ2) is 4.46. The van der Waals surface area contributed by atoms with Gasteiger partial charge in [-0.05, 0) is 18.1 Å². The molecule has 1 saturated heterocycles. The van der Waals surface area contributed by atoms with Gasteiger partial charge in [-0.25, -0.2) is 4.79 Å². The van der Waals surface area contributed by atoms with Gasteiger partial charge in [0.1, 0.15) is 5.60 Å². The molecule has 1 heterocycles. The Morgan fingerprint density at radius 2 is 1.45 bits per heavy atom. The molecule has 0 aromatic heterocycles. The van der Waals surface area contributed by atoms with Gasteiger partial charge in [0.15, 0.2) is 0 Å². The van der Waals surface area contributed by atoms with Gasteiger partial charge >= 0.3 is 5.97 Å². The van der Waals surface area contributed by atoms with Crippen molar-refractivity contribution >= 4 is 5.97 Å². The monoisotopic (exact) mass is 268 g/mol. The van der Waals surface area contributed by atoms with Crippen LogP contribution in [-0.4, -0.2) is 13.1 Å². The zero-order valence-corrected chi connectivity index (χ0v) is 11.5. The van der Waals surface area contributed by atoms with Crippen LogP contribution in [0.25, 0.3) is 0 Å². The molecule has 0 saturated carbocycles. The van der Waals surface area contributed by atoms with E-state index in [9.17, 15) is 4.79 Å². The lowest BCUT2D eigenvalue weighted by molar-refractivity contribution is -0.147. The third kappa shape index (κ3) is 1.60. The molecule has 2 aromatic rings. The van der Waals surface area contributed by atoms with Crippen LogP contribution in [0, 0.1) is 0 Å². The number of benzene rings is 2. The molecule has 3 rings (SSSR count). The van der Waals surface area contributed by atoms with Gasteiger partial charge < -0.3 is 9.47 Å². The molecule has 0 aliphatic carbocycles. The third-order valence-electron chi connectivity index (χ3n) is 3.97. The molecule has 2 aromatic carbocycles. The number of hydrogen-bond donors (Lipinski definition) is 0. The highest BCUT2D eigenvalue weighted by atomic mass is 16.7. The number of rotatable bonds is 3. The lowest BCUT2D eigenvalue weighted by Crippen LogP contribution is -2.30. The van der Waals surface area contributed by atoms with Crippen LogP contribution in [0.15, 0.2) is 60.7 Å². The number of carbonyl (C=O) groups is 1. The standard InChI is InChI=1S/C17H16O3/c1-16(13-9-5-3-6-10-13)17(20-16,15(18)19-2)14-11-7-4-8-12-14/h3-12H,1-2H3. The summed E-state index contributed by atoms with van der Waals surface area (Å²) in [6, 6.07) is 19.2. The first-order valence-corrected chi connectivity index (χ1v) is 6.55. The normalized spacial score (nSPS) is 27.9. The Morgan fingerprint density at radius 3 is 1.95 bits per heavy atom. The fraction of sp³-hybridized carbons (Fsp3) is 0.235. The fourth-order valence-electron chi connectivity index (χ4n) is 2.80. The second-order valence-electron chi connectivity index (χ2n) is 5.04. The first-order valence-electron chi connectivity index (χ1n) is 6.55. The number of methoxy groups -OCH3 is 1. The molecule has 0 N–H and O–H groups in total. The molecule has 0 bridgehead atoms. The Bertz CT molecular complexity index is 623. The molecule has 0 spiro atoms. The molecule has 1 aliphatic rings. The maximum atomic E-state index is 12.3. The smallest absolute Gasteiger partial charge is 0.346 e. The van der Waals surface area contributed by atoms with Gasteiger partial charge in [0, 0.05) is 0 Å². The zero-order chi connectivity index (χ0) is 14.2. The van der Waals surface area contributed by atoms with E-state index in [4.69, 9.17) is 9.47 Å². The molecule has 1 fully saturated rings. The highest BCUT2D eigenvalue weighted by Gasteiger charge is 2.74. The van der Waals surface area contributed by atoms with E-state index in [0.29, 0.717) is 0 Å². The molecule has 3 nitrogen and oxygen atoms in total. The van der Waals surface area contributed by atoms with Gasteiger partial charge in [-0.15, -0.1) is 0 Å². The first-order chi connectivity index (χ1) is 9.65. The largest absolute Gasteiger partial charge is 0.467 e. The average molecular weight is 268 g/mol. The Morgan fingerprint density at radius 1 is 0.950 bits per heavy atom. The lowest BCUT2D eigenvalue weighted by atomic mass is 9.83. The van der Waals surface area contributed by atoms with E-state index in [1.807, 2.05) is 67.6 Å². The van der Waals surface area contributed by atoms with Crippen LogP contribution < -0.4 is 0 Å². The summed E-state index contributed by atoms with van der Waals surface area (Å²) in [5.41, 5.74) is 0.0417. The van der Waals surface area contributed by atoms with Crippen molar-refractivity contribution in [1.82, 2.24) is 0 Å². The molecule has 0 amide bonds. The molecule has 0 radical (unpaired) electrons. The van der Waals surface area contributed by atoms with Gasteiger partial charge in [-0.3, -0.25) is 0 Å². The predicted molar refractivity (Wildman–Crippen MR) is 75.0 cm³/mol. The fourth-order valence-corrected chi connectivity index (χ4v) is 2.80. The minimum Gasteiger partial charge on any atom is -0.467 e. The molecule has 2 unspecified atom stereocenters. The Hall–Kier alpha value is -2.13. The van der Waals surface area contributed by atoms with Gasteiger partial charge in [0.2, 0.25) is 5.60 Å². The van der Waals surface area contributed by atoms with E-state index < -0.39 is 11.2 Å². The molecule has 102 valence electrons. The van der Waals surface area contributed by atoms with E-state index in [2.05, 4.69) is 0 Å². The van der Waals surface area contributed by atoms with Crippen molar-refractivity contribution in [3.63, 3.8) is 0 Å². The number of hydrogen-bond acceptors (Lipinski definition) is 3. The van der Waals surface area contributed by atoms with Crippen LogP contribution in [0.3, 0.4) is 0 Å². The van der Waals surface area contributed by atoms with E-state index in [1.165, 1.54) is 7.11 Å². The topological polar surface area (TPSA) is 38.8 Å². The number of esters is 1. The quantitative estimate of drug-likeness (QED) is 0.634. The summed E-state index contributed by atoms with van der Waals surface area (Å²) < 4.78 is 10.9. The van der Waals surface area contributed by atoms with Crippen LogP contribution in [0.4, 0.5) is 0 Å². The third-order valence-corrected chi connectivity index (χ3v) is 3.97. The number of epoxide rings is 1. The van der Waals surface area contributed by atoms with E-state index in [1.54, 1.807) is 0 Å². The molecular formula is C17H16O3. The average Bonchev–Trinajstić information content (AvgIpc) is 3.17. The Labute approximate surface area is 118 Å². The maximum absolute atomic E-state index is 12.3. The summed E-state index contributed by atoms with van der Waals surface area (Å²) in [4.78, 5) is 12.3. The van der Waals surface area contributed by atoms with E-state index in [0.717, 1.165) is 11.1 Å². The first kappa shape index (κ1) is 12.9. The van der Waals surface area contributed by atoms with E-state index >= 15 is 0 Å². The second-order valence-corrected chi connectivity index (χ2v) is 5.04. The van der Waals surface area contributed by atoms with Crippen molar-refractivity contribution in [1.29, 1.82) is 0 Å². The summed E-state index contributed by atoms with van der Waals surface area (Å²) >= 11 is 0. The van der Waals surface area contributed by atoms with Crippen molar-refractivity contribution in [2.75, 3.05) is 7.11 Å². The summed E-state index contributed by atoms with van der Waals surface area (Å²) in [6.07, 6.45) is 0. The lowest BCUT2D eigenvalue weighted by Gasteiger charge is -2.15. The minimum atomic E-state index is -1.05. The van der Waals surface area contributed by atoms with Crippen LogP contribution in [0.2, 0.25) is 0 Å². The van der Waals surface area contributed by atoms with Crippen molar-refractivity contribution in [3.05, 3.63) is 71.8 Å². The van der Waals surface area contributed by atoms with Crippen LogP contribution in [0.5, 0.6) is 0 Å². The molecule has 20 heavy (non-hydrogen) atoms. The number of ether oxygens (including phenoxy) is 2. The highest BCUT2D eigenvalue weighted by Crippen LogP contribution is 2.62. The SMILES string of the molecule is COC(=O)C1(c2ccccc2)OC1(C)c1ccccc1. The predicted octanol–water partition coefficient (Wildman–Crippen LogP) is 3.00.